The van der Waals surface area contributed by atoms with Crippen molar-refractivity contribution in [3.05, 3.63) is 29.8 Å². The van der Waals surface area contributed by atoms with E-state index in [2.05, 4.69) is 11.2 Å². The van der Waals surface area contributed by atoms with Gasteiger partial charge in [0.05, 0.1) is 17.5 Å². The molecule has 6 heteroatoms. The Morgan fingerprint density at radius 2 is 2.04 bits per heavy atom. The molecule has 0 bridgehead atoms. The van der Waals surface area contributed by atoms with E-state index in [9.17, 15) is 14.4 Å². The molecule has 148 valence electrons. The molecular weight excluding hydrogens is 356 g/mol. The Morgan fingerprint density at radius 3 is 2.75 bits per heavy atom. The topological polar surface area (TPSA) is 75.7 Å². The number of nitrogens with zero attached hydrogens (tertiary/aromatic N) is 1. The summed E-state index contributed by atoms with van der Waals surface area (Å²) in [6.07, 6.45) is 6.86. The van der Waals surface area contributed by atoms with Gasteiger partial charge in [0.2, 0.25) is 11.8 Å². The van der Waals surface area contributed by atoms with Gasteiger partial charge >= 0.3 is 0 Å². The largest absolute Gasteiger partial charge is 0.486 e. The van der Waals surface area contributed by atoms with Crippen molar-refractivity contribution in [2.45, 2.75) is 63.6 Å². The van der Waals surface area contributed by atoms with Crippen molar-refractivity contribution in [1.82, 2.24) is 10.2 Å². The van der Waals surface area contributed by atoms with Gasteiger partial charge in [-0.1, -0.05) is 18.1 Å². The zero-order valence-corrected chi connectivity index (χ0v) is 16.6. The first-order chi connectivity index (χ1) is 13.2. The normalized spacial score (nSPS) is 23.3. The van der Waals surface area contributed by atoms with E-state index in [0.717, 1.165) is 0 Å². The van der Waals surface area contributed by atoms with E-state index in [0.29, 0.717) is 30.7 Å². The van der Waals surface area contributed by atoms with Crippen LogP contribution in [0.25, 0.3) is 0 Å². The van der Waals surface area contributed by atoms with Crippen LogP contribution < -0.4 is 10.1 Å². The monoisotopic (exact) mass is 382 g/mol. The van der Waals surface area contributed by atoms with E-state index in [4.69, 9.17) is 11.2 Å². The third-order valence-corrected chi connectivity index (χ3v) is 5.56. The molecule has 1 aromatic rings. The molecule has 1 aromatic carbocycles. The smallest absolute Gasteiger partial charge is 0.243 e. The third-order valence-electron chi connectivity index (χ3n) is 5.56. The van der Waals surface area contributed by atoms with Gasteiger partial charge in [-0.2, -0.15) is 0 Å². The Hall–Kier alpha value is -2.81. The summed E-state index contributed by atoms with van der Waals surface area (Å²) in [5.41, 5.74) is -0.904. The number of amides is 2. The fraction of sp³-hybridized carbons (Fsp3) is 0.500. The maximum absolute atomic E-state index is 12.7. The van der Waals surface area contributed by atoms with Crippen molar-refractivity contribution in [1.29, 1.82) is 0 Å². The first-order valence-corrected chi connectivity index (χ1v) is 9.57. The molecule has 2 unspecified atom stereocenters. The van der Waals surface area contributed by atoms with Crippen LogP contribution in [0.2, 0.25) is 0 Å². The molecule has 0 radical (unpaired) electrons. The van der Waals surface area contributed by atoms with E-state index in [1.165, 1.54) is 0 Å². The lowest BCUT2D eigenvalue weighted by atomic mass is 9.84. The minimum Gasteiger partial charge on any atom is -0.486 e. The van der Waals surface area contributed by atoms with Gasteiger partial charge in [-0.3, -0.25) is 14.4 Å². The van der Waals surface area contributed by atoms with Crippen LogP contribution in [0.3, 0.4) is 0 Å². The van der Waals surface area contributed by atoms with E-state index < -0.39 is 17.2 Å². The molecule has 1 spiro atoms. The zero-order valence-electron chi connectivity index (χ0n) is 16.6. The molecule has 2 amide bonds. The van der Waals surface area contributed by atoms with Crippen molar-refractivity contribution in [3.63, 3.8) is 0 Å². The first-order valence-electron chi connectivity index (χ1n) is 9.57. The molecule has 6 nitrogen and oxygen atoms in total. The van der Waals surface area contributed by atoms with Gasteiger partial charge in [0.15, 0.2) is 5.78 Å². The van der Waals surface area contributed by atoms with Crippen LogP contribution in [-0.4, -0.2) is 46.2 Å². The number of carbonyl (C=O) groups is 3. The van der Waals surface area contributed by atoms with Gasteiger partial charge in [0.1, 0.15) is 17.4 Å². The maximum Gasteiger partial charge on any atom is 0.243 e. The summed E-state index contributed by atoms with van der Waals surface area (Å²) in [7, 11) is 0. The quantitative estimate of drug-likeness (QED) is 0.814. The number of likely N-dealkylation sites (tertiary alicyclic amines) is 1. The number of rotatable bonds is 3. The van der Waals surface area contributed by atoms with Crippen LogP contribution in [0, 0.1) is 12.3 Å². The molecule has 2 heterocycles. The minimum atomic E-state index is -0.788. The van der Waals surface area contributed by atoms with Crippen molar-refractivity contribution in [3.8, 4) is 18.1 Å². The van der Waals surface area contributed by atoms with Gasteiger partial charge in [-0.15, -0.1) is 6.42 Å². The SMILES string of the molecule is C#CC(C)(C)NC(=O)C(C)N1CCC2(CCC1=O)CC(=O)c1ccccc1O2. The van der Waals surface area contributed by atoms with Gasteiger partial charge in [0, 0.05) is 19.4 Å². The predicted molar refractivity (Wildman–Crippen MR) is 105 cm³/mol. The van der Waals surface area contributed by atoms with Gasteiger partial charge in [-0.05, 0) is 39.3 Å². The summed E-state index contributed by atoms with van der Waals surface area (Å²) in [5.74, 6) is 2.71. The molecule has 1 N–H and O–H groups in total. The first kappa shape index (κ1) is 19.9. The zero-order chi connectivity index (χ0) is 20.5. The summed E-state index contributed by atoms with van der Waals surface area (Å²) >= 11 is 0. The maximum atomic E-state index is 12.7. The highest BCUT2D eigenvalue weighted by molar-refractivity contribution is 6.00. The Balaban J connectivity index is 1.75. The number of benzene rings is 1. The molecular formula is C22H26N2O4. The van der Waals surface area contributed by atoms with Crippen LogP contribution in [0.5, 0.6) is 5.75 Å². The van der Waals surface area contributed by atoms with E-state index in [-0.39, 0.29) is 30.4 Å². The van der Waals surface area contributed by atoms with E-state index in [1.807, 2.05) is 12.1 Å². The number of terminal acetylenes is 1. The summed E-state index contributed by atoms with van der Waals surface area (Å²) in [4.78, 5) is 39.5. The van der Waals surface area contributed by atoms with Crippen LogP contribution in [0.1, 0.15) is 56.8 Å². The van der Waals surface area contributed by atoms with Crippen LogP contribution in [0.4, 0.5) is 0 Å². The number of hydrogen-bond donors (Lipinski definition) is 1. The Labute approximate surface area is 165 Å². The average Bonchev–Trinajstić information content (AvgIpc) is 2.80. The molecule has 2 aliphatic rings. The number of hydrogen-bond acceptors (Lipinski definition) is 4. The molecule has 3 rings (SSSR count). The van der Waals surface area contributed by atoms with Crippen LogP contribution >= 0.6 is 0 Å². The predicted octanol–water partition coefficient (Wildman–Crippen LogP) is 2.32. The number of ketones is 1. The number of ether oxygens (including phenoxy) is 1. The molecule has 1 saturated heterocycles. The number of fused-ring (bicyclic) bond motifs is 1. The fourth-order valence-corrected chi connectivity index (χ4v) is 3.77. The lowest BCUT2D eigenvalue weighted by Crippen LogP contribution is -2.53. The summed E-state index contributed by atoms with van der Waals surface area (Å²) < 4.78 is 6.22. The van der Waals surface area contributed by atoms with E-state index >= 15 is 0 Å². The molecule has 2 aliphatic heterocycles. The lowest BCUT2D eigenvalue weighted by Gasteiger charge is -2.37. The van der Waals surface area contributed by atoms with Gasteiger partial charge in [0.25, 0.3) is 0 Å². The van der Waals surface area contributed by atoms with Crippen LogP contribution in [-0.2, 0) is 9.59 Å². The standard InChI is InChI=1S/C22H26N2O4/c1-5-21(3,4)23-20(27)15(2)24-13-12-22(11-10-19(24)26)14-17(25)16-8-6-7-9-18(16)28-22/h1,6-9,15H,10-14H2,2-4H3,(H,23,27). The number of Topliss-reactive ketones (excluding diaryl/α,β-unsaturated/α-hetero) is 1. The molecule has 0 saturated carbocycles. The van der Waals surface area contributed by atoms with Crippen molar-refractivity contribution >= 4 is 17.6 Å². The molecule has 2 atom stereocenters. The number of para-hydroxylation sites is 1. The van der Waals surface area contributed by atoms with Crippen LogP contribution in [0.15, 0.2) is 24.3 Å². The molecule has 0 aromatic heterocycles. The third kappa shape index (κ3) is 3.89. The second-order valence-corrected chi connectivity index (χ2v) is 8.15. The summed E-state index contributed by atoms with van der Waals surface area (Å²) in [5, 5.41) is 2.78. The van der Waals surface area contributed by atoms with Crippen molar-refractivity contribution in [2.24, 2.45) is 0 Å². The minimum absolute atomic E-state index is 0.0318. The average molecular weight is 382 g/mol. The lowest BCUT2D eigenvalue weighted by molar-refractivity contribution is -0.139. The fourth-order valence-electron chi connectivity index (χ4n) is 3.77. The Morgan fingerprint density at radius 1 is 1.32 bits per heavy atom. The highest BCUT2D eigenvalue weighted by atomic mass is 16.5. The van der Waals surface area contributed by atoms with Crippen molar-refractivity contribution in [2.75, 3.05) is 6.54 Å². The second-order valence-electron chi connectivity index (χ2n) is 8.15. The highest BCUT2D eigenvalue weighted by Crippen LogP contribution is 2.39. The van der Waals surface area contributed by atoms with Gasteiger partial charge in [-0.25, -0.2) is 0 Å². The Kier molecular flexibility index (Phi) is 5.20. The van der Waals surface area contributed by atoms with Gasteiger partial charge < -0.3 is 15.0 Å². The van der Waals surface area contributed by atoms with Crippen molar-refractivity contribution < 1.29 is 19.1 Å². The number of carbonyl (C=O) groups excluding carboxylic acids is 3. The second kappa shape index (κ2) is 7.31. The highest BCUT2D eigenvalue weighted by Gasteiger charge is 2.44. The van der Waals surface area contributed by atoms with E-state index in [1.54, 1.807) is 37.8 Å². The number of nitrogens with one attached hydrogen (secondary N) is 1. The molecule has 28 heavy (non-hydrogen) atoms. The summed E-state index contributed by atoms with van der Waals surface area (Å²) in [6, 6.07) is 6.55. The summed E-state index contributed by atoms with van der Waals surface area (Å²) in [6.45, 7) is 5.50. The Bertz CT molecular complexity index is 854. The molecule has 0 aliphatic carbocycles. The molecule has 1 fully saturated rings.